The summed E-state index contributed by atoms with van der Waals surface area (Å²) in [5, 5.41) is 5.96. The van der Waals surface area contributed by atoms with E-state index in [1.807, 2.05) is 13.0 Å². The Morgan fingerprint density at radius 3 is 2.86 bits per heavy atom. The van der Waals surface area contributed by atoms with E-state index >= 15 is 0 Å². The second kappa shape index (κ2) is 9.51. The molecule has 0 aliphatic heterocycles. The molecule has 0 bridgehead atoms. The Hall–Kier alpha value is -1.58. The lowest BCUT2D eigenvalue weighted by Gasteiger charge is -1.97. The normalized spacial score (nSPS) is 12.3. The van der Waals surface area contributed by atoms with E-state index in [1.54, 1.807) is 25.8 Å². The van der Waals surface area contributed by atoms with E-state index in [4.69, 9.17) is 0 Å². The van der Waals surface area contributed by atoms with Crippen molar-refractivity contribution in [3.05, 3.63) is 24.4 Å². The molecule has 0 radical (unpaired) electrons. The van der Waals surface area contributed by atoms with Gasteiger partial charge in [-0.3, -0.25) is 9.98 Å². The lowest BCUT2D eigenvalue weighted by molar-refractivity contribution is 1.04. The molecule has 14 heavy (non-hydrogen) atoms. The van der Waals surface area contributed by atoms with Crippen LogP contribution in [0.3, 0.4) is 0 Å². The van der Waals surface area contributed by atoms with Gasteiger partial charge in [-0.1, -0.05) is 6.08 Å². The second-order valence-corrected chi connectivity index (χ2v) is 2.61. The van der Waals surface area contributed by atoms with Crippen LogP contribution in [-0.2, 0) is 0 Å². The zero-order valence-corrected chi connectivity index (χ0v) is 8.83. The number of aliphatic imine (C=N–C) groups is 2. The van der Waals surface area contributed by atoms with Gasteiger partial charge in [0.05, 0.1) is 19.2 Å². The summed E-state index contributed by atoms with van der Waals surface area (Å²) in [6.45, 7) is 6.94. The van der Waals surface area contributed by atoms with E-state index < -0.39 is 0 Å². The Kier molecular flexibility index (Phi) is 8.43. The van der Waals surface area contributed by atoms with Gasteiger partial charge in [-0.15, -0.1) is 6.58 Å². The fourth-order valence-electron chi connectivity index (χ4n) is 0.668. The van der Waals surface area contributed by atoms with Crippen LogP contribution in [0, 0.1) is 0 Å². The van der Waals surface area contributed by atoms with Crippen LogP contribution in [0.25, 0.3) is 0 Å². The van der Waals surface area contributed by atoms with Crippen molar-refractivity contribution in [2.24, 2.45) is 9.98 Å². The van der Waals surface area contributed by atoms with Crippen LogP contribution in [0.1, 0.15) is 6.92 Å². The number of hydrogen-bond acceptors (Lipinski definition) is 2. The Bertz CT molecular complexity index is 228. The summed E-state index contributed by atoms with van der Waals surface area (Å²) in [7, 11) is 1.72. The van der Waals surface area contributed by atoms with Crippen LogP contribution in [0.4, 0.5) is 0 Å². The SMILES string of the molecule is C=CCNC=NC/C=C(\C)NC=NC. The number of rotatable bonds is 7. The predicted octanol–water partition coefficient (Wildman–Crippen LogP) is 0.942. The third kappa shape index (κ3) is 8.52. The molecule has 0 atom stereocenters. The van der Waals surface area contributed by atoms with Crippen molar-refractivity contribution in [2.45, 2.75) is 6.92 Å². The van der Waals surface area contributed by atoms with Crippen LogP contribution in [0.5, 0.6) is 0 Å². The van der Waals surface area contributed by atoms with Crippen LogP contribution in [0.2, 0.25) is 0 Å². The molecular formula is C10H18N4. The maximum absolute atomic E-state index is 4.11. The summed E-state index contributed by atoms with van der Waals surface area (Å²) in [6.07, 6.45) is 7.09. The van der Waals surface area contributed by atoms with Crippen molar-refractivity contribution in [3.8, 4) is 0 Å². The summed E-state index contributed by atoms with van der Waals surface area (Å²) < 4.78 is 0. The first-order chi connectivity index (χ1) is 6.81. The Morgan fingerprint density at radius 2 is 2.21 bits per heavy atom. The van der Waals surface area contributed by atoms with E-state index in [0.717, 1.165) is 12.2 Å². The highest BCUT2D eigenvalue weighted by Crippen LogP contribution is 1.83. The summed E-state index contributed by atoms with van der Waals surface area (Å²) in [6, 6.07) is 0. The molecule has 0 spiro atoms. The maximum atomic E-state index is 4.11. The predicted molar refractivity (Wildman–Crippen MR) is 62.9 cm³/mol. The minimum atomic E-state index is 0.653. The van der Waals surface area contributed by atoms with E-state index in [0.29, 0.717) is 6.54 Å². The summed E-state index contributed by atoms with van der Waals surface area (Å²) >= 11 is 0. The fraction of sp³-hybridized carbons (Fsp3) is 0.400. The highest BCUT2D eigenvalue weighted by atomic mass is 14.9. The third-order valence-electron chi connectivity index (χ3n) is 1.37. The Labute approximate surface area is 85.5 Å². The average molecular weight is 194 g/mol. The van der Waals surface area contributed by atoms with Gasteiger partial charge in [0.15, 0.2) is 0 Å². The van der Waals surface area contributed by atoms with E-state index in [1.165, 1.54) is 0 Å². The zero-order chi connectivity index (χ0) is 10.6. The Balaban J connectivity index is 3.58. The lowest BCUT2D eigenvalue weighted by Crippen LogP contribution is -2.10. The van der Waals surface area contributed by atoms with Gasteiger partial charge in [-0.2, -0.15) is 0 Å². The fourth-order valence-corrected chi connectivity index (χ4v) is 0.668. The zero-order valence-electron chi connectivity index (χ0n) is 8.83. The number of allylic oxidation sites excluding steroid dienone is 1. The van der Waals surface area contributed by atoms with Gasteiger partial charge >= 0.3 is 0 Å². The first-order valence-corrected chi connectivity index (χ1v) is 4.47. The van der Waals surface area contributed by atoms with E-state index in [2.05, 4.69) is 27.2 Å². The first kappa shape index (κ1) is 12.4. The first-order valence-electron chi connectivity index (χ1n) is 4.47. The smallest absolute Gasteiger partial charge is 0.0861 e. The van der Waals surface area contributed by atoms with E-state index in [-0.39, 0.29) is 0 Å². The molecular weight excluding hydrogens is 176 g/mol. The average Bonchev–Trinajstić information content (AvgIpc) is 2.20. The molecule has 4 heteroatoms. The second-order valence-electron chi connectivity index (χ2n) is 2.61. The summed E-state index contributed by atoms with van der Waals surface area (Å²) in [5.74, 6) is 0. The summed E-state index contributed by atoms with van der Waals surface area (Å²) in [4.78, 5) is 7.92. The summed E-state index contributed by atoms with van der Waals surface area (Å²) in [5.41, 5.74) is 1.04. The number of nitrogens with one attached hydrogen (secondary N) is 2. The molecule has 0 aromatic rings. The molecule has 0 fully saturated rings. The molecule has 0 heterocycles. The van der Waals surface area contributed by atoms with Crippen LogP contribution in [-0.4, -0.2) is 32.8 Å². The molecule has 0 aliphatic rings. The molecule has 0 rings (SSSR count). The van der Waals surface area contributed by atoms with E-state index in [9.17, 15) is 0 Å². The topological polar surface area (TPSA) is 48.8 Å². The quantitative estimate of drug-likeness (QED) is 0.274. The highest BCUT2D eigenvalue weighted by Gasteiger charge is 1.81. The molecule has 0 saturated carbocycles. The monoisotopic (exact) mass is 194 g/mol. The molecule has 0 aliphatic carbocycles. The van der Waals surface area contributed by atoms with Crippen molar-refractivity contribution in [3.63, 3.8) is 0 Å². The van der Waals surface area contributed by atoms with Crippen molar-refractivity contribution in [1.29, 1.82) is 0 Å². The molecule has 2 N–H and O–H groups in total. The van der Waals surface area contributed by atoms with Gasteiger partial charge in [0, 0.05) is 19.3 Å². The highest BCUT2D eigenvalue weighted by molar-refractivity contribution is 5.57. The van der Waals surface area contributed by atoms with Crippen LogP contribution >= 0.6 is 0 Å². The molecule has 0 saturated heterocycles. The van der Waals surface area contributed by atoms with Crippen molar-refractivity contribution < 1.29 is 0 Å². The minimum absolute atomic E-state index is 0.653. The van der Waals surface area contributed by atoms with Gasteiger partial charge < -0.3 is 10.6 Å². The van der Waals surface area contributed by atoms with Crippen molar-refractivity contribution >= 4 is 12.7 Å². The standard InChI is InChI=1S/C10H18N4/c1-4-6-12-9-13-7-5-10(2)14-8-11-3/h4-5,8-9H,1,6-7H2,2-3H3,(H,11,14)(H,12,13)/b10-5+. The number of hydrogen-bond donors (Lipinski definition) is 2. The van der Waals surface area contributed by atoms with Gasteiger partial charge in [-0.05, 0) is 13.0 Å². The lowest BCUT2D eigenvalue weighted by atomic mass is 10.4. The van der Waals surface area contributed by atoms with Crippen molar-refractivity contribution in [2.75, 3.05) is 20.1 Å². The van der Waals surface area contributed by atoms with Crippen LogP contribution < -0.4 is 10.6 Å². The number of nitrogens with zero attached hydrogens (tertiary/aromatic N) is 2. The van der Waals surface area contributed by atoms with Crippen molar-refractivity contribution in [1.82, 2.24) is 10.6 Å². The molecule has 0 aromatic carbocycles. The van der Waals surface area contributed by atoms with Gasteiger partial charge in [0.25, 0.3) is 0 Å². The Morgan fingerprint density at radius 1 is 1.43 bits per heavy atom. The largest absolute Gasteiger partial charge is 0.373 e. The van der Waals surface area contributed by atoms with Gasteiger partial charge in [0.1, 0.15) is 0 Å². The van der Waals surface area contributed by atoms with Gasteiger partial charge in [-0.25, -0.2) is 0 Å². The molecule has 78 valence electrons. The maximum Gasteiger partial charge on any atom is 0.0861 e. The minimum Gasteiger partial charge on any atom is -0.373 e. The molecule has 4 nitrogen and oxygen atoms in total. The molecule has 0 amide bonds. The molecule has 0 unspecified atom stereocenters. The van der Waals surface area contributed by atoms with Crippen LogP contribution in [0.15, 0.2) is 34.4 Å². The van der Waals surface area contributed by atoms with Gasteiger partial charge in [0.2, 0.25) is 0 Å². The third-order valence-corrected chi connectivity index (χ3v) is 1.37. The molecule has 0 aromatic heterocycles.